The Morgan fingerprint density at radius 1 is 1.29 bits per heavy atom. The average molecular weight is 234 g/mol. The molecular formula is C11H10N2O4. The third-order valence-electron chi connectivity index (χ3n) is 2.48. The molecule has 2 rings (SSSR count). The van der Waals surface area contributed by atoms with Crippen LogP contribution in [0.2, 0.25) is 0 Å². The number of amides is 3. The van der Waals surface area contributed by atoms with E-state index >= 15 is 0 Å². The molecule has 0 saturated carbocycles. The Bertz CT molecular complexity index is 472. The van der Waals surface area contributed by atoms with Gasteiger partial charge in [-0.1, -0.05) is 18.2 Å². The minimum Gasteiger partial charge on any atom is -0.480 e. The van der Waals surface area contributed by atoms with Crippen molar-refractivity contribution < 1.29 is 19.5 Å². The molecule has 1 aliphatic rings. The second kappa shape index (κ2) is 4.25. The number of imide groups is 1. The summed E-state index contributed by atoms with van der Waals surface area (Å²) >= 11 is 0. The zero-order valence-electron chi connectivity index (χ0n) is 8.79. The Morgan fingerprint density at radius 2 is 1.94 bits per heavy atom. The molecule has 1 saturated heterocycles. The highest BCUT2D eigenvalue weighted by Gasteiger charge is 2.45. The number of carbonyl (C=O) groups excluding carboxylic acids is 2. The van der Waals surface area contributed by atoms with Crippen LogP contribution in [0.5, 0.6) is 0 Å². The number of benzene rings is 1. The fraction of sp³-hybridized carbons (Fsp3) is 0.182. The first-order chi connectivity index (χ1) is 8.09. The van der Waals surface area contributed by atoms with E-state index in [0.717, 1.165) is 4.90 Å². The second-order valence-electron chi connectivity index (χ2n) is 3.62. The van der Waals surface area contributed by atoms with Crippen molar-refractivity contribution in [3.8, 4) is 0 Å². The summed E-state index contributed by atoms with van der Waals surface area (Å²) in [4.78, 5) is 34.3. The number of nitrogens with one attached hydrogen (secondary N) is 1. The van der Waals surface area contributed by atoms with Crippen LogP contribution in [0.4, 0.5) is 10.5 Å². The Kier molecular flexibility index (Phi) is 2.78. The Balaban J connectivity index is 2.05. The maximum atomic E-state index is 11.7. The predicted octanol–water partition coefficient (Wildman–Crippen LogP) is 0.904. The van der Waals surface area contributed by atoms with Crippen molar-refractivity contribution in [1.82, 2.24) is 4.90 Å². The predicted molar refractivity (Wildman–Crippen MR) is 58.3 cm³/mol. The highest BCUT2D eigenvalue weighted by Crippen LogP contribution is 2.20. The minimum atomic E-state index is -1.17. The van der Waals surface area contributed by atoms with Gasteiger partial charge in [-0.05, 0) is 12.1 Å². The van der Waals surface area contributed by atoms with Crippen LogP contribution in [0.3, 0.4) is 0 Å². The van der Waals surface area contributed by atoms with Crippen LogP contribution in [0.1, 0.15) is 6.42 Å². The number of rotatable bonds is 2. The molecule has 1 heterocycles. The summed E-state index contributed by atoms with van der Waals surface area (Å²) in [6.45, 7) is 0. The number of carboxylic acid groups (broad SMARTS) is 1. The topological polar surface area (TPSA) is 86.7 Å². The quantitative estimate of drug-likeness (QED) is 0.744. The largest absolute Gasteiger partial charge is 0.480 e. The molecule has 88 valence electrons. The van der Waals surface area contributed by atoms with E-state index in [4.69, 9.17) is 5.11 Å². The zero-order valence-corrected chi connectivity index (χ0v) is 8.79. The molecule has 0 unspecified atom stereocenters. The van der Waals surface area contributed by atoms with E-state index in [1.165, 1.54) is 0 Å². The lowest BCUT2D eigenvalue weighted by Crippen LogP contribution is -2.60. The number of para-hydroxylation sites is 1. The van der Waals surface area contributed by atoms with Gasteiger partial charge < -0.3 is 10.4 Å². The number of anilines is 1. The molecule has 1 aromatic rings. The summed E-state index contributed by atoms with van der Waals surface area (Å²) in [5.74, 6) is -1.65. The molecule has 3 amide bonds. The number of carboxylic acids is 1. The Morgan fingerprint density at radius 3 is 2.47 bits per heavy atom. The van der Waals surface area contributed by atoms with Crippen molar-refractivity contribution in [2.75, 3.05) is 5.32 Å². The Hall–Kier alpha value is -2.37. The first-order valence-corrected chi connectivity index (χ1v) is 5.00. The maximum Gasteiger partial charge on any atom is 0.329 e. The molecule has 0 aromatic heterocycles. The second-order valence-corrected chi connectivity index (χ2v) is 3.62. The van der Waals surface area contributed by atoms with E-state index in [1.54, 1.807) is 30.3 Å². The van der Waals surface area contributed by atoms with E-state index in [-0.39, 0.29) is 6.42 Å². The van der Waals surface area contributed by atoms with Crippen LogP contribution < -0.4 is 5.32 Å². The lowest BCUT2D eigenvalue weighted by Gasteiger charge is -2.35. The summed E-state index contributed by atoms with van der Waals surface area (Å²) < 4.78 is 0. The van der Waals surface area contributed by atoms with Crippen molar-refractivity contribution in [2.45, 2.75) is 12.5 Å². The molecule has 0 radical (unpaired) electrons. The molecule has 2 N–H and O–H groups in total. The van der Waals surface area contributed by atoms with Crippen LogP contribution >= 0.6 is 0 Å². The first-order valence-electron chi connectivity index (χ1n) is 5.00. The fourth-order valence-electron chi connectivity index (χ4n) is 1.57. The Labute approximate surface area is 96.8 Å². The molecule has 1 aliphatic heterocycles. The normalized spacial score (nSPS) is 18.5. The zero-order chi connectivity index (χ0) is 12.4. The summed E-state index contributed by atoms with van der Waals surface area (Å²) in [7, 11) is 0. The molecule has 1 fully saturated rings. The van der Waals surface area contributed by atoms with Crippen LogP contribution in [-0.4, -0.2) is 34.0 Å². The molecule has 0 bridgehead atoms. The molecule has 0 aliphatic carbocycles. The van der Waals surface area contributed by atoms with Gasteiger partial charge >= 0.3 is 12.0 Å². The van der Waals surface area contributed by atoms with Crippen LogP contribution in [0, 0.1) is 0 Å². The van der Waals surface area contributed by atoms with Crippen molar-refractivity contribution in [3.05, 3.63) is 30.3 Å². The SMILES string of the molecule is O=C(O)[C@@H]1CC(=O)N1C(=O)Nc1ccccc1. The number of likely N-dealkylation sites (tertiary alicyclic amines) is 1. The van der Waals surface area contributed by atoms with Gasteiger partial charge in [-0.3, -0.25) is 4.79 Å². The highest BCUT2D eigenvalue weighted by molar-refractivity contribution is 6.09. The maximum absolute atomic E-state index is 11.7. The van der Waals surface area contributed by atoms with Gasteiger partial charge in [-0.25, -0.2) is 14.5 Å². The molecule has 17 heavy (non-hydrogen) atoms. The van der Waals surface area contributed by atoms with Crippen molar-refractivity contribution in [2.24, 2.45) is 0 Å². The number of β-lactam (4-membered cyclic amide) rings is 1. The molecule has 6 nitrogen and oxygen atoms in total. The molecule has 1 aromatic carbocycles. The van der Waals surface area contributed by atoms with Crippen LogP contribution in [-0.2, 0) is 9.59 Å². The molecule has 6 heteroatoms. The van der Waals surface area contributed by atoms with Gasteiger partial charge in [0.25, 0.3) is 0 Å². The standard InChI is InChI=1S/C11H10N2O4/c14-9-6-8(10(15)16)13(9)11(17)12-7-4-2-1-3-5-7/h1-5,8H,6H2,(H,12,17)(H,15,16)/t8-/m0/s1. The molecular weight excluding hydrogens is 224 g/mol. The van der Waals surface area contributed by atoms with E-state index in [1.807, 2.05) is 0 Å². The molecule has 0 spiro atoms. The monoisotopic (exact) mass is 234 g/mol. The van der Waals surface area contributed by atoms with Gasteiger partial charge in [0.05, 0.1) is 6.42 Å². The average Bonchev–Trinajstić information content (AvgIpc) is 2.26. The first kappa shape index (κ1) is 11.1. The van der Waals surface area contributed by atoms with Gasteiger partial charge in [0.1, 0.15) is 6.04 Å². The van der Waals surface area contributed by atoms with Gasteiger partial charge in [-0.2, -0.15) is 0 Å². The van der Waals surface area contributed by atoms with Gasteiger partial charge in [0.2, 0.25) is 5.91 Å². The smallest absolute Gasteiger partial charge is 0.329 e. The van der Waals surface area contributed by atoms with Crippen molar-refractivity contribution in [3.63, 3.8) is 0 Å². The van der Waals surface area contributed by atoms with E-state index in [2.05, 4.69) is 5.32 Å². The van der Waals surface area contributed by atoms with Crippen LogP contribution in [0.25, 0.3) is 0 Å². The number of hydrogen-bond acceptors (Lipinski definition) is 3. The summed E-state index contributed by atoms with van der Waals surface area (Å²) in [5.41, 5.74) is 0.515. The molecule has 1 atom stereocenters. The van der Waals surface area contributed by atoms with Crippen molar-refractivity contribution >= 4 is 23.6 Å². The van der Waals surface area contributed by atoms with E-state index < -0.39 is 23.9 Å². The number of aliphatic carboxylic acids is 1. The van der Waals surface area contributed by atoms with Crippen LogP contribution in [0.15, 0.2) is 30.3 Å². The number of urea groups is 1. The summed E-state index contributed by atoms with van der Waals surface area (Å²) in [6.07, 6.45) is -0.127. The highest BCUT2D eigenvalue weighted by atomic mass is 16.4. The minimum absolute atomic E-state index is 0.127. The fourth-order valence-corrected chi connectivity index (χ4v) is 1.57. The third-order valence-corrected chi connectivity index (χ3v) is 2.48. The summed E-state index contributed by atoms with van der Waals surface area (Å²) in [6, 6.07) is 6.77. The van der Waals surface area contributed by atoms with Gasteiger partial charge in [0.15, 0.2) is 0 Å². The number of nitrogens with zero attached hydrogens (tertiary/aromatic N) is 1. The van der Waals surface area contributed by atoms with Gasteiger partial charge in [0, 0.05) is 5.69 Å². The number of carbonyl (C=O) groups is 3. The van der Waals surface area contributed by atoms with Crippen molar-refractivity contribution in [1.29, 1.82) is 0 Å². The van der Waals surface area contributed by atoms with Gasteiger partial charge in [-0.15, -0.1) is 0 Å². The van der Waals surface area contributed by atoms with E-state index in [9.17, 15) is 14.4 Å². The van der Waals surface area contributed by atoms with E-state index in [0.29, 0.717) is 5.69 Å². The lowest BCUT2D eigenvalue weighted by atomic mass is 10.0. The lowest BCUT2D eigenvalue weighted by molar-refractivity contribution is -0.157. The summed E-state index contributed by atoms with van der Waals surface area (Å²) in [5, 5.41) is 11.2. The number of hydrogen-bond donors (Lipinski definition) is 2. The third kappa shape index (κ3) is 2.10.